The van der Waals surface area contributed by atoms with E-state index in [2.05, 4.69) is 9.80 Å². The monoisotopic (exact) mass is 400 g/mol. The number of β-amino-alcohol motifs (C(OH)–C–C–N with tert-alkyl or cyclic N) is 2. The lowest BCUT2D eigenvalue weighted by molar-refractivity contribution is -0.122. The molecule has 2 N–H and O–H groups in total. The molecule has 0 aliphatic carbocycles. The summed E-state index contributed by atoms with van der Waals surface area (Å²) in [4.78, 5) is 26.7. The molecule has 3 unspecified atom stereocenters. The van der Waals surface area contributed by atoms with Crippen LogP contribution in [0.5, 0.6) is 0 Å². The topological polar surface area (TPSA) is 99.5 Å². The first-order valence-electron chi connectivity index (χ1n) is 10.5. The largest absolute Gasteiger partial charge is 0.389 e. The van der Waals surface area contributed by atoms with Gasteiger partial charge in [0.15, 0.2) is 0 Å². The number of ketones is 2. The van der Waals surface area contributed by atoms with Crippen LogP contribution < -0.4 is 0 Å². The Morgan fingerprint density at radius 1 is 0.857 bits per heavy atom. The fourth-order valence-corrected chi connectivity index (χ4v) is 3.50. The Morgan fingerprint density at radius 3 is 1.82 bits per heavy atom. The summed E-state index contributed by atoms with van der Waals surface area (Å²) in [5, 5.41) is 20.1. The number of piperidine rings is 2. The maximum Gasteiger partial charge on any atom is 0.135 e. The Labute approximate surface area is 167 Å². The fourth-order valence-electron chi connectivity index (χ4n) is 3.50. The Hall–Kier alpha value is -0.900. The summed E-state index contributed by atoms with van der Waals surface area (Å²) in [5.74, 6) is 0.596. The second-order valence-electron chi connectivity index (χ2n) is 7.99. The maximum absolute atomic E-state index is 11.2. The Kier molecular flexibility index (Phi) is 10.5. The van der Waals surface area contributed by atoms with Gasteiger partial charge in [-0.05, 0) is 13.3 Å². The third kappa shape index (κ3) is 9.54. The summed E-state index contributed by atoms with van der Waals surface area (Å²) in [7, 11) is 0. The summed E-state index contributed by atoms with van der Waals surface area (Å²) in [6.45, 7) is 6.91. The summed E-state index contributed by atoms with van der Waals surface area (Å²) in [6, 6.07) is 0. The molecule has 0 aromatic heterocycles. The molecule has 2 rings (SSSR count). The number of nitrogens with zero attached hydrogens (tertiary/aromatic N) is 2. The van der Waals surface area contributed by atoms with Gasteiger partial charge in [-0.1, -0.05) is 0 Å². The van der Waals surface area contributed by atoms with Crippen molar-refractivity contribution < 1.29 is 29.3 Å². The highest BCUT2D eigenvalue weighted by atomic mass is 16.5. The first-order chi connectivity index (χ1) is 13.4. The van der Waals surface area contributed by atoms with Crippen LogP contribution in [0.3, 0.4) is 0 Å². The quantitative estimate of drug-likeness (QED) is 0.437. The van der Waals surface area contributed by atoms with Crippen molar-refractivity contribution in [3.63, 3.8) is 0 Å². The number of likely N-dealkylation sites (tertiary alicyclic amines) is 2. The predicted octanol–water partition coefficient (Wildman–Crippen LogP) is -0.150. The van der Waals surface area contributed by atoms with Crippen molar-refractivity contribution in [2.75, 3.05) is 59.1 Å². The summed E-state index contributed by atoms with van der Waals surface area (Å²) in [5.41, 5.74) is 0. The first-order valence-corrected chi connectivity index (χ1v) is 10.5. The molecular weight excluding hydrogens is 364 g/mol. The second-order valence-corrected chi connectivity index (χ2v) is 7.99. The number of aliphatic hydroxyl groups excluding tert-OH is 2. The molecule has 2 aliphatic rings. The molecular formula is C20H36N2O6. The molecule has 0 amide bonds. The number of carbonyl (C=O) groups is 2. The summed E-state index contributed by atoms with van der Waals surface area (Å²) in [6.07, 6.45) is 1.83. The van der Waals surface area contributed by atoms with Crippen molar-refractivity contribution >= 4 is 11.6 Å². The highest BCUT2D eigenvalue weighted by Gasteiger charge is 2.20. The molecule has 2 fully saturated rings. The standard InChI is InChI=1S/C20H36N2O6/c1-16(28-15-20(26)13-22-9-4-18(24)5-10-22)6-11-27-14-19(25)12-21-7-2-17(23)3-8-21/h16,19-20,25-26H,2-15H2,1H3. The summed E-state index contributed by atoms with van der Waals surface area (Å²) >= 11 is 0. The van der Waals surface area contributed by atoms with E-state index in [9.17, 15) is 19.8 Å². The lowest BCUT2D eigenvalue weighted by atomic mass is 10.1. The van der Waals surface area contributed by atoms with Crippen molar-refractivity contribution in [1.82, 2.24) is 9.80 Å². The third-order valence-corrected chi connectivity index (χ3v) is 5.32. The van der Waals surface area contributed by atoms with Gasteiger partial charge in [0.2, 0.25) is 0 Å². The lowest BCUT2D eigenvalue weighted by Crippen LogP contribution is -2.40. The van der Waals surface area contributed by atoms with Crippen LogP contribution in [-0.4, -0.2) is 109 Å². The van der Waals surface area contributed by atoms with Crippen LogP contribution in [0.25, 0.3) is 0 Å². The van der Waals surface area contributed by atoms with Gasteiger partial charge in [0, 0.05) is 71.6 Å². The normalized spacial score (nSPS) is 23.0. The van der Waals surface area contributed by atoms with Gasteiger partial charge in [-0.3, -0.25) is 19.4 Å². The minimum absolute atomic E-state index is 0.0390. The molecule has 2 saturated heterocycles. The van der Waals surface area contributed by atoms with E-state index >= 15 is 0 Å². The number of Topliss-reactive ketones (excluding diaryl/α,β-unsaturated/α-hetero) is 2. The van der Waals surface area contributed by atoms with E-state index < -0.39 is 12.2 Å². The number of ether oxygens (including phenoxy) is 2. The molecule has 162 valence electrons. The molecule has 8 nitrogen and oxygen atoms in total. The van der Waals surface area contributed by atoms with Crippen LogP contribution in [0, 0.1) is 0 Å². The van der Waals surface area contributed by atoms with Crippen molar-refractivity contribution in [1.29, 1.82) is 0 Å². The zero-order valence-electron chi connectivity index (χ0n) is 17.1. The number of carbonyl (C=O) groups excluding carboxylic acids is 2. The van der Waals surface area contributed by atoms with E-state index in [1.54, 1.807) is 0 Å². The van der Waals surface area contributed by atoms with Gasteiger partial charge in [0.25, 0.3) is 0 Å². The molecule has 8 heteroatoms. The second kappa shape index (κ2) is 12.6. The van der Waals surface area contributed by atoms with Gasteiger partial charge in [0.1, 0.15) is 11.6 Å². The van der Waals surface area contributed by atoms with Crippen molar-refractivity contribution in [2.24, 2.45) is 0 Å². The molecule has 2 aliphatic heterocycles. The Morgan fingerprint density at radius 2 is 1.32 bits per heavy atom. The Bertz CT molecular complexity index is 469. The highest BCUT2D eigenvalue weighted by molar-refractivity contribution is 5.79. The van der Waals surface area contributed by atoms with Gasteiger partial charge in [0.05, 0.1) is 31.5 Å². The van der Waals surface area contributed by atoms with E-state index in [0.29, 0.717) is 63.4 Å². The first kappa shape index (κ1) is 23.4. The van der Waals surface area contributed by atoms with Crippen molar-refractivity contribution in [3.05, 3.63) is 0 Å². The molecule has 0 aromatic rings. The third-order valence-electron chi connectivity index (χ3n) is 5.32. The van der Waals surface area contributed by atoms with E-state index in [4.69, 9.17) is 9.47 Å². The van der Waals surface area contributed by atoms with Crippen molar-refractivity contribution in [3.8, 4) is 0 Å². The molecule has 0 radical (unpaired) electrons. The van der Waals surface area contributed by atoms with Crippen LogP contribution in [0.2, 0.25) is 0 Å². The zero-order chi connectivity index (χ0) is 20.4. The molecule has 3 atom stereocenters. The van der Waals surface area contributed by atoms with Crippen LogP contribution in [0.15, 0.2) is 0 Å². The van der Waals surface area contributed by atoms with E-state index in [1.807, 2.05) is 6.92 Å². The molecule has 0 saturated carbocycles. The SMILES string of the molecule is CC(CCOCC(O)CN1CCC(=O)CC1)OCC(O)CN1CCC(=O)CC1. The molecule has 0 bridgehead atoms. The average Bonchev–Trinajstić information content (AvgIpc) is 2.67. The highest BCUT2D eigenvalue weighted by Crippen LogP contribution is 2.08. The average molecular weight is 401 g/mol. The molecule has 2 heterocycles. The van der Waals surface area contributed by atoms with E-state index in [0.717, 1.165) is 26.2 Å². The van der Waals surface area contributed by atoms with Crippen LogP contribution >= 0.6 is 0 Å². The number of hydrogen-bond acceptors (Lipinski definition) is 8. The van der Waals surface area contributed by atoms with Gasteiger partial charge in [-0.2, -0.15) is 0 Å². The molecule has 28 heavy (non-hydrogen) atoms. The number of rotatable bonds is 12. The lowest BCUT2D eigenvalue weighted by Gasteiger charge is -2.28. The van der Waals surface area contributed by atoms with Crippen LogP contribution in [-0.2, 0) is 19.1 Å². The van der Waals surface area contributed by atoms with Gasteiger partial charge >= 0.3 is 0 Å². The van der Waals surface area contributed by atoms with E-state index in [1.165, 1.54) is 0 Å². The van der Waals surface area contributed by atoms with Gasteiger partial charge < -0.3 is 19.7 Å². The molecule has 0 aromatic carbocycles. The number of hydrogen-bond donors (Lipinski definition) is 2. The minimum Gasteiger partial charge on any atom is -0.389 e. The predicted molar refractivity (Wildman–Crippen MR) is 104 cm³/mol. The maximum atomic E-state index is 11.2. The fraction of sp³-hybridized carbons (Fsp3) is 0.900. The van der Waals surface area contributed by atoms with Crippen molar-refractivity contribution in [2.45, 2.75) is 57.3 Å². The van der Waals surface area contributed by atoms with Gasteiger partial charge in [-0.25, -0.2) is 0 Å². The smallest absolute Gasteiger partial charge is 0.135 e. The van der Waals surface area contributed by atoms with Crippen LogP contribution in [0.4, 0.5) is 0 Å². The molecule has 0 spiro atoms. The van der Waals surface area contributed by atoms with Gasteiger partial charge in [-0.15, -0.1) is 0 Å². The van der Waals surface area contributed by atoms with E-state index in [-0.39, 0.29) is 19.3 Å². The number of aliphatic hydroxyl groups is 2. The Balaban J connectivity index is 1.46. The van der Waals surface area contributed by atoms with Crippen LogP contribution in [0.1, 0.15) is 39.0 Å². The minimum atomic E-state index is -0.560. The zero-order valence-corrected chi connectivity index (χ0v) is 17.1. The summed E-state index contributed by atoms with van der Waals surface area (Å²) < 4.78 is 11.2.